The van der Waals surface area contributed by atoms with Gasteiger partial charge in [-0.15, -0.1) is 0 Å². The average molecular weight is 420 g/mol. The molecule has 2 atom stereocenters. The van der Waals surface area contributed by atoms with Crippen LogP contribution in [0.15, 0.2) is 18.2 Å². The second kappa shape index (κ2) is 8.82. The fourth-order valence-electron chi connectivity index (χ4n) is 4.72. The first-order chi connectivity index (χ1) is 14.0. The van der Waals surface area contributed by atoms with Crippen LogP contribution in [0, 0.1) is 11.8 Å². The number of fused-ring (bicyclic) bond motifs is 1. The summed E-state index contributed by atoms with van der Waals surface area (Å²) in [6.45, 7) is 4.41. The third kappa shape index (κ3) is 4.47. The zero-order chi connectivity index (χ0) is 20.4. The van der Waals surface area contributed by atoms with Gasteiger partial charge in [0.2, 0.25) is 5.91 Å². The highest BCUT2D eigenvalue weighted by Gasteiger charge is 2.33. The van der Waals surface area contributed by atoms with E-state index in [-0.39, 0.29) is 17.9 Å². The fourth-order valence-corrected chi connectivity index (χ4v) is 4.89. The van der Waals surface area contributed by atoms with Crippen LogP contribution in [0.2, 0.25) is 5.02 Å². The monoisotopic (exact) mass is 419 g/mol. The lowest BCUT2D eigenvalue weighted by Crippen LogP contribution is -2.51. The van der Waals surface area contributed by atoms with Gasteiger partial charge in [0.1, 0.15) is 12.4 Å². The van der Waals surface area contributed by atoms with Crippen molar-refractivity contribution in [3.63, 3.8) is 0 Å². The summed E-state index contributed by atoms with van der Waals surface area (Å²) < 4.78 is 5.65. The fraction of sp³-hybridized carbons (Fsp3) is 0.636. The Morgan fingerprint density at radius 2 is 1.86 bits per heavy atom. The van der Waals surface area contributed by atoms with Crippen LogP contribution in [0.25, 0.3) is 0 Å². The van der Waals surface area contributed by atoms with Crippen LogP contribution in [-0.2, 0) is 4.79 Å². The van der Waals surface area contributed by atoms with E-state index in [0.717, 1.165) is 12.1 Å². The summed E-state index contributed by atoms with van der Waals surface area (Å²) in [5.41, 5.74) is 0.722. The van der Waals surface area contributed by atoms with E-state index in [1.807, 2.05) is 4.90 Å². The Labute approximate surface area is 177 Å². The highest BCUT2D eigenvalue weighted by molar-refractivity contribution is 6.31. The predicted octanol–water partition coefficient (Wildman–Crippen LogP) is 4.07. The number of piperidine rings is 1. The van der Waals surface area contributed by atoms with Gasteiger partial charge in [-0.25, -0.2) is 4.79 Å². The SMILES string of the molecule is C[C@H]1CCCC[C@H]1NC(=O)C1CCN(C(=O)N2CCOc3ccc(Cl)cc32)CC1. The van der Waals surface area contributed by atoms with Gasteiger partial charge in [0.05, 0.1) is 12.2 Å². The molecule has 0 radical (unpaired) electrons. The Hall–Kier alpha value is -1.95. The third-order valence-electron chi connectivity index (χ3n) is 6.59. The molecule has 7 heteroatoms. The second-order valence-electron chi connectivity index (χ2n) is 8.53. The number of nitrogens with one attached hydrogen (secondary N) is 1. The van der Waals surface area contributed by atoms with Crippen molar-refractivity contribution >= 4 is 29.2 Å². The number of benzene rings is 1. The molecular weight excluding hydrogens is 390 g/mol. The number of halogens is 1. The van der Waals surface area contributed by atoms with E-state index in [0.29, 0.717) is 61.8 Å². The number of urea groups is 1. The van der Waals surface area contributed by atoms with E-state index in [2.05, 4.69) is 12.2 Å². The number of carbonyl (C=O) groups is 2. The molecule has 1 N–H and O–H groups in total. The first-order valence-electron chi connectivity index (χ1n) is 10.8. The largest absolute Gasteiger partial charge is 0.490 e. The van der Waals surface area contributed by atoms with Gasteiger partial charge < -0.3 is 15.0 Å². The molecule has 1 aliphatic carbocycles. The zero-order valence-electron chi connectivity index (χ0n) is 17.0. The molecule has 1 saturated heterocycles. The van der Waals surface area contributed by atoms with Gasteiger partial charge >= 0.3 is 6.03 Å². The topological polar surface area (TPSA) is 61.9 Å². The molecule has 158 valence electrons. The smallest absolute Gasteiger partial charge is 0.324 e. The minimum atomic E-state index is -0.0309. The van der Waals surface area contributed by atoms with Gasteiger partial charge in [0, 0.05) is 30.1 Å². The molecule has 2 fully saturated rings. The molecule has 1 aromatic carbocycles. The van der Waals surface area contributed by atoms with Crippen LogP contribution < -0.4 is 15.0 Å². The summed E-state index contributed by atoms with van der Waals surface area (Å²) in [4.78, 5) is 29.4. The number of ether oxygens (including phenoxy) is 1. The van der Waals surface area contributed by atoms with E-state index in [9.17, 15) is 9.59 Å². The lowest BCUT2D eigenvalue weighted by molar-refractivity contribution is -0.127. The molecule has 3 amide bonds. The van der Waals surface area contributed by atoms with Crippen molar-refractivity contribution in [2.45, 2.75) is 51.5 Å². The maximum atomic E-state index is 13.1. The summed E-state index contributed by atoms with van der Waals surface area (Å²) in [6, 6.07) is 5.63. The van der Waals surface area contributed by atoms with Crippen molar-refractivity contribution in [1.29, 1.82) is 0 Å². The van der Waals surface area contributed by atoms with Crippen molar-refractivity contribution in [3.8, 4) is 5.75 Å². The third-order valence-corrected chi connectivity index (χ3v) is 6.83. The molecule has 4 rings (SSSR count). The van der Waals surface area contributed by atoms with E-state index in [1.165, 1.54) is 19.3 Å². The number of likely N-dealkylation sites (tertiary alicyclic amines) is 1. The van der Waals surface area contributed by atoms with Gasteiger partial charge in [-0.2, -0.15) is 0 Å². The normalized spacial score (nSPS) is 25.2. The van der Waals surface area contributed by atoms with Gasteiger partial charge in [-0.05, 0) is 49.8 Å². The molecule has 1 aromatic rings. The van der Waals surface area contributed by atoms with Crippen LogP contribution in [0.5, 0.6) is 5.75 Å². The average Bonchev–Trinajstić information content (AvgIpc) is 2.74. The molecule has 1 saturated carbocycles. The van der Waals surface area contributed by atoms with E-state index >= 15 is 0 Å². The first kappa shape index (κ1) is 20.3. The standard InChI is InChI=1S/C22H30ClN3O3/c1-15-4-2-3-5-18(15)24-21(27)16-8-10-25(11-9-16)22(28)26-12-13-29-20-7-6-17(23)14-19(20)26/h6-7,14-16,18H,2-5,8-13H2,1H3,(H,24,27)/t15-,18+/m0/s1. The Bertz CT molecular complexity index is 764. The van der Waals surface area contributed by atoms with E-state index in [4.69, 9.17) is 16.3 Å². The molecule has 0 aromatic heterocycles. The molecule has 0 unspecified atom stereocenters. The highest BCUT2D eigenvalue weighted by atomic mass is 35.5. The molecule has 2 heterocycles. The summed E-state index contributed by atoms with van der Waals surface area (Å²) >= 11 is 6.13. The molecule has 3 aliphatic rings. The summed E-state index contributed by atoms with van der Waals surface area (Å²) in [7, 11) is 0. The van der Waals surface area contributed by atoms with Crippen molar-refractivity contribution in [2.75, 3.05) is 31.1 Å². The van der Waals surface area contributed by atoms with Crippen LogP contribution >= 0.6 is 11.6 Å². The van der Waals surface area contributed by atoms with E-state index < -0.39 is 0 Å². The highest BCUT2D eigenvalue weighted by Crippen LogP contribution is 2.35. The number of rotatable bonds is 2. The number of amides is 3. The molecule has 0 spiro atoms. The quantitative estimate of drug-likeness (QED) is 0.786. The van der Waals surface area contributed by atoms with Gasteiger partial charge in [0.15, 0.2) is 0 Å². The first-order valence-corrected chi connectivity index (χ1v) is 11.2. The summed E-state index contributed by atoms with van der Waals surface area (Å²) in [6.07, 6.45) is 6.18. The zero-order valence-corrected chi connectivity index (χ0v) is 17.8. The summed E-state index contributed by atoms with van der Waals surface area (Å²) in [5, 5.41) is 3.86. The maximum Gasteiger partial charge on any atom is 0.324 e. The minimum Gasteiger partial charge on any atom is -0.490 e. The lowest BCUT2D eigenvalue weighted by atomic mass is 9.85. The Morgan fingerprint density at radius 3 is 2.62 bits per heavy atom. The maximum absolute atomic E-state index is 13.1. The number of carbonyl (C=O) groups excluding carboxylic acids is 2. The van der Waals surface area contributed by atoms with Crippen LogP contribution in [0.3, 0.4) is 0 Å². The summed E-state index contributed by atoms with van der Waals surface area (Å²) in [5.74, 6) is 1.41. The van der Waals surface area contributed by atoms with Crippen LogP contribution in [0.4, 0.5) is 10.5 Å². The minimum absolute atomic E-state index is 0.000374. The second-order valence-corrected chi connectivity index (χ2v) is 8.97. The van der Waals surface area contributed by atoms with Crippen LogP contribution in [-0.4, -0.2) is 49.1 Å². The van der Waals surface area contributed by atoms with Crippen molar-refractivity contribution in [3.05, 3.63) is 23.2 Å². The lowest BCUT2D eigenvalue weighted by Gasteiger charge is -2.38. The Balaban J connectivity index is 1.33. The predicted molar refractivity (Wildman–Crippen MR) is 114 cm³/mol. The number of anilines is 1. The Morgan fingerprint density at radius 1 is 1.10 bits per heavy atom. The van der Waals surface area contributed by atoms with Crippen LogP contribution in [0.1, 0.15) is 45.4 Å². The molecule has 29 heavy (non-hydrogen) atoms. The van der Waals surface area contributed by atoms with Gasteiger partial charge in [0.25, 0.3) is 0 Å². The molecular formula is C22H30ClN3O3. The van der Waals surface area contributed by atoms with Crippen molar-refractivity contribution < 1.29 is 14.3 Å². The number of hydrogen-bond acceptors (Lipinski definition) is 3. The van der Waals surface area contributed by atoms with Gasteiger partial charge in [-0.1, -0.05) is 31.4 Å². The van der Waals surface area contributed by atoms with Crippen molar-refractivity contribution in [2.24, 2.45) is 11.8 Å². The van der Waals surface area contributed by atoms with Crippen molar-refractivity contribution in [1.82, 2.24) is 10.2 Å². The van der Waals surface area contributed by atoms with Gasteiger partial charge in [-0.3, -0.25) is 9.69 Å². The van der Waals surface area contributed by atoms with E-state index in [1.54, 1.807) is 23.1 Å². The molecule has 0 bridgehead atoms. The molecule has 2 aliphatic heterocycles. The Kier molecular flexibility index (Phi) is 6.18. The number of nitrogens with zero attached hydrogens (tertiary/aromatic N) is 2. The molecule has 6 nitrogen and oxygen atoms in total. The number of hydrogen-bond donors (Lipinski definition) is 1.